The Balaban J connectivity index is 2.31. The Morgan fingerprint density at radius 3 is 2.67 bits per heavy atom. The van der Waals surface area contributed by atoms with Gasteiger partial charge in [0.1, 0.15) is 6.54 Å². The Bertz CT molecular complexity index is 456. The molecule has 0 radical (unpaired) electrons. The van der Waals surface area contributed by atoms with Crippen LogP contribution in [0.3, 0.4) is 0 Å². The number of anilines is 1. The second-order valence-electron chi connectivity index (χ2n) is 5.14. The summed E-state index contributed by atoms with van der Waals surface area (Å²) in [6, 6.07) is 2.25. The van der Waals surface area contributed by atoms with E-state index in [-0.39, 0.29) is 6.54 Å². The van der Waals surface area contributed by atoms with E-state index in [2.05, 4.69) is 23.8 Å². The predicted octanol–water partition coefficient (Wildman–Crippen LogP) is 1.96. The van der Waals surface area contributed by atoms with Gasteiger partial charge in [0.25, 0.3) is 0 Å². The molecule has 1 saturated carbocycles. The van der Waals surface area contributed by atoms with Gasteiger partial charge in [-0.3, -0.25) is 4.79 Å². The van der Waals surface area contributed by atoms with Crippen LogP contribution in [-0.2, 0) is 4.79 Å². The molecule has 1 aliphatic rings. The van der Waals surface area contributed by atoms with Crippen molar-refractivity contribution in [3.8, 4) is 0 Å². The van der Waals surface area contributed by atoms with E-state index in [0.717, 1.165) is 24.2 Å². The smallest absolute Gasteiger partial charge is 0.323 e. The quantitative estimate of drug-likeness (QED) is 0.864. The monoisotopic (exact) mass is 249 g/mol. The lowest BCUT2D eigenvalue weighted by Crippen LogP contribution is -2.33. The summed E-state index contributed by atoms with van der Waals surface area (Å²) >= 11 is 0. The zero-order chi connectivity index (χ0) is 13.3. The SMILES string of the molecule is Cc1cc(C(C)C)nc(N(CC(=O)O)C2CC2)n1. The van der Waals surface area contributed by atoms with Crippen molar-refractivity contribution in [1.29, 1.82) is 0 Å². The standard InChI is InChI=1S/C13H19N3O2/c1-8(2)11-6-9(3)14-13(15-11)16(7-12(17)18)10-4-5-10/h6,8,10H,4-5,7H2,1-3H3,(H,17,18). The lowest BCUT2D eigenvalue weighted by molar-refractivity contribution is -0.135. The molecular formula is C13H19N3O2. The number of rotatable bonds is 5. The molecule has 0 atom stereocenters. The topological polar surface area (TPSA) is 66.3 Å². The van der Waals surface area contributed by atoms with Gasteiger partial charge in [-0.05, 0) is 31.7 Å². The summed E-state index contributed by atoms with van der Waals surface area (Å²) in [4.78, 5) is 21.6. The van der Waals surface area contributed by atoms with Gasteiger partial charge in [0.2, 0.25) is 5.95 Å². The molecule has 1 aromatic rings. The van der Waals surface area contributed by atoms with Crippen LogP contribution in [0.15, 0.2) is 6.07 Å². The molecule has 0 amide bonds. The predicted molar refractivity (Wildman–Crippen MR) is 68.9 cm³/mol. The van der Waals surface area contributed by atoms with E-state index < -0.39 is 5.97 Å². The summed E-state index contributed by atoms with van der Waals surface area (Å²) < 4.78 is 0. The Morgan fingerprint density at radius 1 is 1.50 bits per heavy atom. The summed E-state index contributed by atoms with van der Waals surface area (Å²) in [7, 11) is 0. The first-order valence-electron chi connectivity index (χ1n) is 6.31. The van der Waals surface area contributed by atoms with Crippen LogP contribution in [0.1, 0.15) is 44.0 Å². The highest BCUT2D eigenvalue weighted by molar-refractivity contribution is 5.73. The van der Waals surface area contributed by atoms with E-state index in [1.165, 1.54) is 0 Å². The van der Waals surface area contributed by atoms with Crippen LogP contribution < -0.4 is 4.90 Å². The largest absolute Gasteiger partial charge is 0.480 e. The second-order valence-corrected chi connectivity index (χ2v) is 5.14. The Labute approximate surface area is 107 Å². The van der Waals surface area contributed by atoms with Gasteiger partial charge in [-0.1, -0.05) is 13.8 Å². The fourth-order valence-electron chi connectivity index (χ4n) is 1.90. The zero-order valence-electron chi connectivity index (χ0n) is 11.1. The molecule has 2 rings (SSSR count). The second kappa shape index (κ2) is 4.92. The molecule has 0 bridgehead atoms. The van der Waals surface area contributed by atoms with Crippen molar-refractivity contribution >= 4 is 11.9 Å². The lowest BCUT2D eigenvalue weighted by atomic mass is 10.1. The summed E-state index contributed by atoms with van der Waals surface area (Å²) in [6.07, 6.45) is 2.06. The molecule has 0 saturated heterocycles. The molecule has 1 aliphatic carbocycles. The van der Waals surface area contributed by atoms with Crippen molar-refractivity contribution in [1.82, 2.24) is 9.97 Å². The normalized spacial score (nSPS) is 14.9. The van der Waals surface area contributed by atoms with Gasteiger partial charge in [-0.2, -0.15) is 0 Å². The van der Waals surface area contributed by atoms with E-state index in [9.17, 15) is 4.79 Å². The maximum Gasteiger partial charge on any atom is 0.323 e. The molecule has 5 heteroatoms. The molecule has 1 aromatic heterocycles. The molecule has 0 unspecified atom stereocenters. The summed E-state index contributed by atoms with van der Waals surface area (Å²) in [6.45, 7) is 6.04. The number of carboxylic acids is 1. The lowest BCUT2D eigenvalue weighted by Gasteiger charge is -2.21. The van der Waals surface area contributed by atoms with Crippen LogP contribution >= 0.6 is 0 Å². The Morgan fingerprint density at radius 2 is 2.17 bits per heavy atom. The van der Waals surface area contributed by atoms with Crippen LogP contribution in [0.4, 0.5) is 5.95 Å². The third-order valence-electron chi connectivity index (χ3n) is 3.00. The summed E-state index contributed by atoms with van der Waals surface area (Å²) in [5, 5.41) is 8.97. The van der Waals surface area contributed by atoms with Crippen LogP contribution in [0.25, 0.3) is 0 Å². The Hall–Kier alpha value is -1.65. The molecule has 5 nitrogen and oxygen atoms in total. The van der Waals surface area contributed by atoms with Crippen LogP contribution in [-0.4, -0.2) is 33.6 Å². The molecule has 0 aromatic carbocycles. The van der Waals surface area contributed by atoms with Crippen molar-refractivity contribution in [2.45, 2.75) is 45.6 Å². The number of aryl methyl sites for hydroxylation is 1. The van der Waals surface area contributed by atoms with Gasteiger partial charge in [0.05, 0.1) is 0 Å². The van der Waals surface area contributed by atoms with E-state index in [1.807, 2.05) is 13.0 Å². The third kappa shape index (κ3) is 2.97. The maximum atomic E-state index is 10.9. The van der Waals surface area contributed by atoms with Gasteiger partial charge < -0.3 is 10.0 Å². The first-order chi connectivity index (χ1) is 8.47. The molecule has 0 aliphatic heterocycles. The van der Waals surface area contributed by atoms with Gasteiger partial charge in [-0.15, -0.1) is 0 Å². The number of carboxylic acid groups (broad SMARTS) is 1. The minimum Gasteiger partial charge on any atom is -0.480 e. The molecule has 98 valence electrons. The van der Waals surface area contributed by atoms with E-state index in [4.69, 9.17) is 5.11 Å². The fraction of sp³-hybridized carbons (Fsp3) is 0.615. The van der Waals surface area contributed by atoms with E-state index in [1.54, 1.807) is 4.90 Å². The highest BCUT2D eigenvalue weighted by Gasteiger charge is 2.32. The molecule has 1 fully saturated rings. The fourth-order valence-corrected chi connectivity index (χ4v) is 1.90. The van der Waals surface area contributed by atoms with Crippen molar-refractivity contribution in [3.63, 3.8) is 0 Å². The number of aromatic nitrogens is 2. The van der Waals surface area contributed by atoms with Crippen LogP contribution in [0, 0.1) is 6.92 Å². The average Bonchev–Trinajstić information content (AvgIpc) is 3.08. The minimum absolute atomic E-state index is 0.0222. The number of nitrogens with zero attached hydrogens (tertiary/aromatic N) is 3. The number of aliphatic carboxylic acids is 1. The van der Waals surface area contributed by atoms with Crippen molar-refractivity contribution in [2.75, 3.05) is 11.4 Å². The van der Waals surface area contributed by atoms with Gasteiger partial charge >= 0.3 is 5.97 Å². The zero-order valence-corrected chi connectivity index (χ0v) is 11.1. The molecular weight excluding hydrogens is 230 g/mol. The van der Waals surface area contributed by atoms with Gasteiger partial charge in [-0.25, -0.2) is 9.97 Å². The Kier molecular flexibility index (Phi) is 3.50. The highest BCUT2D eigenvalue weighted by Crippen LogP contribution is 2.30. The van der Waals surface area contributed by atoms with Crippen molar-refractivity contribution in [2.24, 2.45) is 0 Å². The van der Waals surface area contributed by atoms with E-state index in [0.29, 0.717) is 17.9 Å². The summed E-state index contributed by atoms with van der Waals surface area (Å²) in [5.74, 6) is 0.0398. The number of hydrogen-bond donors (Lipinski definition) is 1. The van der Waals surface area contributed by atoms with Crippen LogP contribution in [0.5, 0.6) is 0 Å². The highest BCUT2D eigenvalue weighted by atomic mass is 16.4. The summed E-state index contributed by atoms with van der Waals surface area (Å²) in [5.41, 5.74) is 1.85. The first-order valence-corrected chi connectivity index (χ1v) is 6.31. The molecule has 1 N–H and O–H groups in total. The molecule has 18 heavy (non-hydrogen) atoms. The minimum atomic E-state index is -0.835. The maximum absolute atomic E-state index is 10.9. The average molecular weight is 249 g/mol. The first kappa shape index (κ1) is 12.8. The molecule has 0 spiro atoms. The van der Waals surface area contributed by atoms with Crippen molar-refractivity contribution < 1.29 is 9.90 Å². The van der Waals surface area contributed by atoms with Crippen LogP contribution in [0.2, 0.25) is 0 Å². The van der Waals surface area contributed by atoms with Gasteiger partial charge in [0, 0.05) is 17.4 Å². The van der Waals surface area contributed by atoms with E-state index >= 15 is 0 Å². The number of hydrogen-bond acceptors (Lipinski definition) is 4. The van der Waals surface area contributed by atoms with Gasteiger partial charge in [0.15, 0.2) is 0 Å². The number of carbonyl (C=O) groups is 1. The van der Waals surface area contributed by atoms with Crippen molar-refractivity contribution in [3.05, 3.63) is 17.5 Å². The molecule has 1 heterocycles. The third-order valence-corrected chi connectivity index (χ3v) is 3.00.